The van der Waals surface area contributed by atoms with Crippen LogP contribution in [0.4, 0.5) is 0 Å². The maximum absolute atomic E-state index is 11.7. The first-order chi connectivity index (χ1) is 7.96. The molecule has 0 fully saturated rings. The average Bonchev–Trinajstić information content (AvgIpc) is 2.31. The van der Waals surface area contributed by atoms with Gasteiger partial charge in [-0.3, -0.25) is 4.79 Å². The van der Waals surface area contributed by atoms with Crippen LogP contribution >= 0.6 is 0 Å². The third-order valence-electron chi connectivity index (χ3n) is 2.28. The van der Waals surface area contributed by atoms with Crippen molar-refractivity contribution >= 4 is 11.7 Å². The van der Waals surface area contributed by atoms with Crippen molar-refractivity contribution in [3.8, 4) is 0 Å². The molecule has 0 aliphatic heterocycles. The van der Waals surface area contributed by atoms with Crippen molar-refractivity contribution in [1.82, 2.24) is 5.32 Å². The van der Waals surface area contributed by atoms with E-state index >= 15 is 0 Å². The number of ether oxygens (including phenoxy) is 2. The summed E-state index contributed by atoms with van der Waals surface area (Å²) in [4.78, 5) is 11.7. The molecule has 0 aliphatic rings. The smallest absolute Gasteiger partial charge is 0.233 e. The quantitative estimate of drug-likeness (QED) is 0.177. The van der Waals surface area contributed by atoms with Crippen LogP contribution in [0.15, 0.2) is 5.16 Å². The summed E-state index contributed by atoms with van der Waals surface area (Å²) >= 11 is 0. The first-order valence-electron chi connectivity index (χ1n) is 5.29. The van der Waals surface area contributed by atoms with Gasteiger partial charge in [0.15, 0.2) is 5.84 Å². The van der Waals surface area contributed by atoms with Gasteiger partial charge in [0.25, 0.3) is 0 Å². The molecule has 7 heteroatoms. The third-order valence-corrected chi connectivity index (χ3v) is 2.28. The fourth-order valence-corrected chi connectivity index (χ4v) is 0.943. The summed E-state index contributed by atoms with van der Waals surface area (Å²) in [5.41, 5.74) is 4.37. The zero-order valence-electron chi connectivity index (χ0n) is 10.5. The van der Waals surface area contributed by atoms with Gasteiger partial charge in [-0.25, -0.2) is 0 Å². The Morgan fingerprint density at radius 1 is 1.41 bits per heavy atom. The standard InChI is InChI=1S/C10H21N3O4/c1-10(2,8(11)13-15)9(14)12-4-5-17-7-6-16-3/h15H,4-7H2,1-3H3,(H2,11,13)(H,12,14). The van der Waals surface area contributed by atoms with Gasteiger partial charge in [0.1, 0.15) is 5.41 Å². The zero-order chi connectivity index (χ0) is 13.3. The van der Waals surface area contributed by atoms with Crippen LogP contribution in [0.3, 0.4) is 0 Å². The molecule has 4 N–H and O–H groups in total. The van der Waals surface area contributed by atoms with E-state index < -0.39 is 5.41 Å². The minimum absolute atomic E-state index is 0.129. The molecule has 0 aromatic rings. The van der Waals surface area contributed by atoms with Gasteiger partial charge in [-0.15, -0.1) is 0 Å². The molecular formula is C10H21N3O4. The Bertz CT molecular complexity index is 266. The van der Waals surface area contributed by atoms with Crippen molar-refractivity contribution in [3.63, 3.8) is 0 Å². The number of amidine groups is 1. The predicted octanol–water partition coefficient (Wildman–Crippen LogP) is -0.462. The van der Waals surface area contributed by atoms with E-state index in [0.29, 0.717) is 26.4 Å². The summed E-state index contributed by atoms with van der Waals surface area (Å²) in [5, 5.41) is 14.0. The number of nitrogens with zero attached hydrogens (tertiary/aromatic N) is 1. The number of nitrogens with one attached hydrogen (secondary N) is 1. The number of oxime groups is 1. The summed E-state index contributed by atoms with van der Waals surface area (Å²) in [6.45, 7) is 4.90. The Morgan fingerprint density at radius 2 is 2.06 bits per heavy atom. The number of methoxy groups -OCH3 is 1. The van der Waals surface area contributed by atoms with Crippen molar-refractivity contribution in [1.29, 1.82) is 0 Å². The van der Waals surface area contributed by atoms with Crippen LogP contribution in [0.5, 0.6) is 0 Å². The van der Waals surface area contributed by atoms with Crippen LogP contribution in [-0.4, -0.2) is 50.4 Å². The molecule has 1 amide bonds. The maximum Gasteiger partial charge on any atom is 0.233 e. The summed E-state index contributed by atoms with van der Waals surface area (Å²) in [6.07, 6.45) is 0. The number of carbonyl (C=O) groups excluding carboxylic acids is 1. The average molecular weight is 247 g/mol. The second-order valence-electron chi connectivity index (χ2n) is 3.97. The van der Waals surface area contributed by atoms with E-state index in [4.69, 9.17) is 20.4 Å². The number of amides is 1. The van der Waals surface area contributed by atoms with Crippen LogP contribution in [-0.2, 0) is 14.3 Å². The van der Waals surface area contributed by atoms with Crippen molar-refractivity contribution in [2.24, 2.45) is 16.3 Å². The van der Waals surface area contributed by atoms with E-state index in [-0.39, 0.29) is 11.7 Å². The summed E-state index contributed by atoms with van der Waals surface area (Å²) in [6, 6.07) is 0. The van der Waals surface area contributed by atoms with Gasteiger partial charge in [0.05, 0.1) is 19.8 Å². The minimum atomic E-state index is -1.04. The highest BCUT2D eigenvalue weighted by atomic mass is 16.5. The van der Waals surface area contributed by atoms with E-state index in [1.54, 1.807) is 21.0 Å². The van der Waals surface area contributed by atoms with Crippen LogP contribution in [0.2, 0.25) is 0 Å². The van der Waals surface area contributed by atoms with Gasteiger partial charge in [-0.1, -0.05) is 5.16 Å². The molecule has 0 atom stereocenters. The molecule has 100 valence electrons. The molecule has 17 heavy (non-hydrogen) atoms. The summed E-state index contributed by atoms with van der Waals surface area (Å²) in [7, 11) is 1.59. The van der Waals surface area contributed by atoms with Crippen molar-refractivity contribution in [2.75, 3.05) is 33.5 Å². The monoisotopic (exact) mass is 247 g/mol. The highest BCUT2D eigenvalue weighted by Crippen LogP contribution is 2.14. The number of nitrogens with two attached hydrogens (primary N) is 1. The second-order valence-corrected chi connectivity index (χ2v) is 3.97. The topological polar surface area (TPSA) is 106 Å². The number of hydrogen-bond acceptors (Lipinski definition) is 5. The Morgan fingerprint density at radius 3 is 2.59 bits per heavy atom. The van der Waals surface area contributed by atoms with Crippen LogP contribution in [0.25, 0.3) is 0 Å². The van der Waals surface area contributed by atoms with E-state index in [0.717, 1.165) is 0 Å². The highest BCUT2D eigenvalue weighted by molar-refractivity contribution is 6.05. The highest BCUT2D eigenvalue weighted by Gasteiger charge is 2.32. The van der Waals surface area contributed by atoms with Gasteiger partial charge in [-0.05, 0) is 13.8 Å². The van der Waals surface area contributed by atoms with Gasteiger partial charge < -0.3 is 25.7 Å². The third kappa shape index (κ3) is 5.50. The Labute approximate surface area is 101 Å². The first-order valence-corrected chi connectivity index (χ1v) is 5.29. The second kappa shape index (κ2) is 7.86. The lowest BCUT2D eigenvalue weighted by molar-refractivity contribution is -0.126. The molecule has 0 aromatic heterocycles. The number of rotatable bonds is 8. The van der Waals surface area contributed by atoms with E-state index in [9.17, 15) is 4.79 Å². The molecule has 0 aliphatic carbocycles. The SMILES string of the molecule is COCCOCCNC(=O)C(C)(C)C(N)=NO. The molecule has 0 radical (unpaired) electrons. The molecular weight excluding hydrogens is 226 g/mol. The van der Waals surface area contributed by atoms with E-state index in [1.165, 1.54) is 0 Å². The Kier molecular flexibility index (Phi) is 7.24. The van der Waals surface area contributed by atoms with Crippen molar-refractivity contribution in [2.45, 2.75) is 13.8 Å². The zero-order valence-corrected chi connectivity index (χ0v) is 10.5. The van der Waals surface area contributed by atoms with E-state index in [1.807, 2.05) is 0 Å². The van der Waals surface area contributed by atoms with Crippen LogP contribution < -0.4 is 11.1 Å². The molecule has 0 rings (SSSR count). The van der Waals surface area contributed by atoms with Crippen molar-refractivity contribution < 1.29 is 19.5 Å². The van der Waals surface area contributed by atoms with E-state index in [2.05, 4.69) is 10.5 Å². The van der Waals surface area contributed by atoms with Gasteiger partial charge >= 0.3 is 0 Å². The molecule has 0 bridgehead atoms. The lowest BCUT2D eigenvalue weighted by atomic mass is 9.91. The number of hydrogen-bond donors (Lipinski definition) is 3. The number of carbonyl (C=O) groups is 1. The Balaban J connectivity index is 3.86. The molecule has 7 nitrogen and oxygen atoms in total. The Hall–Kier alpha value is -1.34. The van der Waals surface area contributed by atoms with Crippen LogP contribution in [0.1, 0.15) is 13.8 Å². The molecule has 0 aromatic carbocycles. The fourth-order valence-electron chi connectivity index (χ4n) is 0.943. The fraction of sp³-hybridized carbons (Fsp3) is 0.800. The van der Waals surface area contributed by atoms with Gasteiger partial charge in [-0.2, -0.15) is 0 Å². The summed E-state index contributed by atoms with van der Waals surface area (Å²) < 4.78 is 9.97. The van der Waals surface area contributed by atoms with Gasteiger partial charge in [0.2, 0.25) is 5.91 Å². The predicted molar refractivity (Wildman–Crippen MR) is 62.9 cm³/mol. The molecule has 0 saturated heterocycles. The first kappa shape index (κ1) is 15.7. The maximum atomic E-state index is 11.7. The normalized spacial score (nSPS) is 12.5. The summed E-state index contributed by atoms with van der Waals surface area (Å²) in [5.74, 6) is -0.446. The van der Waals surface area contributed by atoms with Crippen LogP contribution in [0, 0.1) is 5.41 Å². The molecule has 0 spiro atoms. The lowest BCUT2D eigenvalue weighted by Gasteiger charge is -2.21. The van der Waals surface area contributed by atoms with Crippen molar-refractivity contribution in [3.05, 3.63) is 0 Å². The minimum Gasteiger partial charge on any atom is -0.409 e. The molecule has 0 unspecified atom stereocenters. The largest absolute Gasteiger partial charge is 0.409 e. The lowest BCUT2D eigenvalue weighted by Crippen LogP contribution is -2.46. The van der Waals surface area contributed by atoms with Gasteiger partial charge in [0, 0.05) is 13.7 Å². The molecule has 0 saturated carbocycles. The molecule has 0 heterocycles.